The standard InChI is InChI=1S/C13H21NO4/c15-12(7-6-10-4-1-2-9-18-10)14-8-3-5-11(14)13(16)17/h10-11H,1-9H2,(H,16,17)/t10-,11-/m0/s1. The maximum absolute atomic E-state index is 12.0. The van der Waals surface area contributed by atoms with E-state index in [1.54, 1.807) is 0 Å². The van der Waals surface area contributed by atoms with Crippen LogP contribution in [0.1, 0.15) is 44.9 Å². The van der Waals surface area contributed by atoms with Gasteiger partial charge in [-0.25, -0.2) is 4.79 Å². The highest BCUT2D eigenvalue weighted by atomic mass is 16.5. The van der Waals surface area contributed by atoms with Crippen LogP contribution in [0.4, 0.5) is 0 Å². The van der Waals surface area contributed by atoms with Crippen LogP contribution in [0.5, 0.6) is 0 Å². The van der Waals surface area contributed by atoms with Crippen molar-refractivity contribution in [1.82, 2.24) is 4.90 Å². The number of carbonyl (C=O) groups is 2. The second-order valence-corrected chi connectivity index (χ2v) is 5.11. The number of ether oxygens (including phenoxy) is 1. The van der Waals surface area contributed by atoms with Crippen molar-refractivity contribution < 1.29 is 19.4 Å². The molecule has 2 aliphatic rings. The number of carbonyl (C=O) groups excluding carboxylic acids is 1. The number of amides is 1. The van der Waals surface area contributed by atoms with Crippen LogP contribution in [0, 0.1) is 0 Å². The molecule has 0 saturated carbocycles. The highest BCUT2D eigenvalue weighted by Gasteiger charge is 2.33. The minimum atomic E-state index is -0.880. The van der Waals surface area contributed by atoms with E-state index in [-0.39, 0.29) is 12.0 Å². The first-order valence-electron chi connectivity index (χ1n) is 6.82. The van der Waals surface area contributed by atoms with Gasteiger partial charge in [-0.1, -0.05) is 0 Å². The molecule has 1 N–H and O–H groups in total. The first-order valence-corrected chi connectivity index (χ1v) is 6.82. The Morgan fingerprint density at radius 2 is 2.06 bits per heavy atom. The summed E-state index contributed by atoms with van der Waals surface area (Å²) >= 11 is 0. The lowest BCUT2D eigenvalue weighted by molar-refractivity contribution is -0.148. The molecule has 5 nitrogen and oxygen atoms in total. The molecule has 2 rings (SSSR count). The molecule has 0 aliphatic carbocycles. The minimum absolute atomic E-state index is 0.0333. The molecule has 0 unspecified atom stereocenters. The molecule has 2 saturated heterocycles. The number of hydrogen-bond donors (Lipinski definition) is 1. The lowest BCUT2D eigenvalue weighted by atomic mass is 10.0. The van der Waals surface area contributed by atoms with Gasteiger partial charge >= 0.3 is 5.97 Å². The molecule has 2 fully saturated rings. The van der Waals surface area contributed by atoms with E-state index < -0.39 is 12.0 Å². The van der Waals surface area contributed by atoms with Crippen molar-refractivity contribution in [2.75, 3.05) is 13.2 Å². The molecule has 0 bridgehead atoms. The summed E-state index contributed by atoms with van der Waals surface area (Å²) in [6.07, 6.45) is 6.00. The number of carboxylic acids is 1. The highest BCUT2D eigenvalue weighted by molar-refractivity contribution is 5.84. The molecule has 0 radical (unpaired) electrons. The van der Waals surface area contributed by atoms with Crippen molar-refractivity contribution in [2.45, 2.75) is 57.1 Å². The van der Waals surface area contributed by atoms with E-state index in [9.17, 15) is 9.59 Å². The Labute approximate surface area is 107 Å². The van der Waals surface area contributed by atoms with Crippen LogP contribution < -0.4 is 0 Å². The van der Waals surface area contributed by atoms with Gasteiger partial charge in [0, 0.05) is 19.6 Å². The van der Waals surface area contributed by atoms with Gasteiger partial charge in [-0.3, -0.25) is 4.79 Å². The molecular formula is C13H21NO4. The Morgan fingerprint density at radius 3 is 2.72 bits per heavy atom. The fourth-order valence-corrected chi connectivity index (χ4v) is 2.79. The van der Waals surface area contributed by atoms with Gasteiger partial charge in [-0.15, -0.1) is 0 Å². The average molecular weight is 255 g/mol. The van der Waals surface area contributed by atoms with Gasteiger partial charge in [-0.05, 0) is 38.5 Å². The predicted molar refractivity (Wildman–Crippen MR) is 65.2 cm³/mol. The van der Waals surface area contributed by atoms with Crippen LogP contribution in [-0.2, 0) is 14.3 Å². The quantitative estimate of drug-likeness (QED) is 0.824. The number of rotatable bonds is 4. The summed E-state index contributed by atoms with van der Waals surface area (Å²) in [6, 6.07) is -0.607. The van der Waals surface area contributed by atoms with Gasteiger partial charge in [0.25, 0.3) is 0 Å². The van der Waals surface area contributed by atoms with E-state index in [4.69, 9.17) is 9.84 Å². The van der Waals surface area contributed by atoms with Gasteiger partial charge in [0.2, 0.25) is 5.91 Å². The van der Waals surface area contributed by atoms with Crippen molar-refractivity contribution in [1.29, 1.82) is 0 Å². The first kappa shape index (κ1) is 13.3. The van der Waals surface area contributed by atoms with Gasteiger partial charge < -0.3 is 14.7 Å². The lowest BCUT2D eigenvalue weighted by Gasteiger charge is -2.25. The third kappa shape index (κ3) is 3.22. The second kappa shape index (κ2) is 6.18. The third-order valence-corrected chi connectivity index (χ3v) is 3.81. The molecule has 5 heteroatoms. The fraction of sp³-hybridized carbons (Fsp3) is 0.846. The topological polar surface area (TPSA) is 66.8 Å². The zero-order valence-corrected chi connectivity index (χ0v) is 10.6. The van der Waals surface area contributed by atoms with Crippen molar-refractivity contribution in [3.8, 4) is 0 Å². The zero-order valence-electron chi connectivity index (χ0n) is 10.6. The molecule has 0 aromatic rings. The maximum atomic E-state index is 12.0. The van der Waals surface area contributed by atoms with Crippen molar-refractivity contribution in [2.24, 2.45) is 0 Å². The van der Waals surface area contributed by atoms with Crippen LogP contribution in [-0.4, -0.2) is 47.2 Å². The van der Waals surface area contributed by atoms with Crippen LogP contribution in [0.15, 0.2) is 0 Å². The average Bonchev–Trinajstić information content (AvgIpc) is 2.86. The molecular weight excluding hydrogens is 234 g/mol. The maximum Gasteiger partial charge on any atom is 0.326 e. The summed E-state index contributed by atoms with van der Waals surface area (Å²) in [6.45, 7) is 1.38. The van der Waals surface area contributed by atoms with E-state index in [1.807, 2.05) is 0 Å². The van der Waals surface area contributed by atoms with Crippen molar-refractivity contribution in [3.63, 3.8) is 0 Å². The van der Waals surface area contributed by atoms with Crippen LogP contribution in [0.2, 0.25) is 0 Å². The third-order valence-electron chi connectivity index (χ3n) is 3.81. The van der Waals surface area contributed by atoms with Gasteiger partial charge in [0.1, 0.15) is 6.04 Å². The highest BCUT2D eigenvalue weighted by Crippen LogP contribution is 2.21. The zero-order chi connectivity index (χ0) is 13.0. The Kier molecular flexibility index (Phi) is 4.58. The van der Waals surface area contributed by atoms with Gasteiger partial charge in [0.15, 0.2) is 0 Å². The van der Waals surface area contributed by atoms with Gasteiger partial charge in [-0.2, -0.15) is 0 Å². The fourth-order valence-electron chi connectivity index (χ4n) is 2.79. The molecule has 2 aliphatic heterocycles. The Balaban J connectivity index is 1.78. The molecule has 0 aromatic heterocycles. The summed E-state index contributed by atoms with van der Waals surface area (Å²) < 4.78 is 5.58. The number of nitrogens with zero attached hydrogens (tertiary/aromatic N) is 1. The van der Waals surface area contributed by atoms with Crippen molar-refractivity contribution >= 4 is 11.9 Å². The molecule has 2 heterocycles. The predicted octanol–water partition coefficient (Wildman–Crippen LogP) is 1.41. The summed E-state index contributed by atoms with van der Waals surface area (Å²) in [5, 5.41) is 9.03. The van der Waals surface area contributed by atoms with E-state index in [1.165, 1.54) is 11.3 Å². The van der Waals surface area contributed by atoms with E-state index in [0.717, 1.165) is 32.3 Å². The van der Waals surface area contributed by atoms with Crippen LogP contribution in [0.3, 0.4) is 0 Å². The molecule has 2 atom stereocenters. The number of likely N-dealkylation sites (tertiary alicyclic amines) is 1. The van der Waals surface area contributed by atoms with E-state index in [2.05, 4.69) is 0 Å². The summed E-state index contributed by atoms with van der Waals surface area (Å²) in [7, 11) is 0. The molecule has 18 heavy (non-hydrogen) atoms. The second-order valence-electron chi connectivity index (χ2n) is 5.11. The van der Waals surface area contributed by atoms with Crippen LogP contribution in [0.25, 0.3) is 0 Å². The number of hydrogen-bond acceptors (Lipinski definition) is 3. The molecule has 0 aromatic carbocycles. The Hall–Kier alpha value is -1.10. The van der Waals surface area contributed by atoms with Crippen molar-refractivity contribution in [3.05, 3.63) is 0 Å². The SMILES string of the molecule is O=C(O)[C@@H]1CCCN1C(=O)CC[C@@H]1CCCCO1. The Morgan fingerprint density at radius 1 is 1.22 bits per heavy atom. The molecule has 0 spiro atoms. The largest absolute Gasteiger partial charge is 0.480 e. The minimum Gasteiger partial charge on any atom is -0.480 e. The normalized spacial score (nSPS) is 28.3. The smallest absolute Gasteiger partial charge is 0.326 e. The summed E-state index contributed by atoms with van der Waals surface area (Å²) in [5.41, 5.74) is 0. The molecule has 102 valence electrons. The van der Waals surface area contributed by atoms with E-state index >= 15 is 0 Å². The molecule has 1 amide bonds. The van der Waals surface area contributed by atoms with Gasteiger partial charge in [0.05, 0.1) is 6.10 Å². The summed E-state index contributed by atoms with van der Waals surface area (Å²) in [5.74, 6) is -0.913. The number of carboxylic acid groups (broad SMARTS) is 1. The summed E-state index contributed by atoms with van der Waals surface area (Å²) in [4.78, 5) is 24.5. The Bertz CT molecular complexity index is 312. The lowest BCUT2D eigenvalue weighted by Crippen LogP contribution is -2.40. The van der Waals surface area contributed by atoms with E-state index in [0.29, 0.717) is 19.4 Å². The number of aliphatic carboxylic acids is 1. The first-order chi connectivity index (χ1) is 8.68. The monoisotopic (exact) mass is 255 g/mol. The van der Waals surface area contributed by atoms with Crippen LogP contribution >= 0.6 is 0 Å².